The van der Waals surface area contributed by atoms with Crippen LogP contribution in [0.15, 0.2) is 28.4 Å². The van der Waals surface area contributed by atoms with E-state index < -0.39 is 5.66 Å². The average molecular weight is 283 g/mol. The summed E-state index contributed by atoms with van der Waals surface area (Å²) in [5, 5.41) is 10.6. The van der Waals surface area contributed by atoms with Gasteiger partial charge in [-0.25, -0.2) is 4.79 Å². The van der Waals surface area contributed by atoms with Gasteiger partial charge in [-0.05, 0) is 12.1 Å². The van der Waals surface area contributed by atoms with Crippen molar-refractivity contribution in [3.8, 4) is 12.3 Å². The summed E-state index contributed by atoms with van der Waals surface area (Å²) in [6, 6.07) is 5.14. The Morgan fingerprint density at radius 2 is 2.29 bits per heavy atom. The Labute approximate surface area is 121 Å². The monoisotopic (exact) mass is 283 g/mol. The topological polar surface area (TPSA) is 80.1 Å². The van der Waals surface area contributed by atoms with E-state index in [0.717, 1.165) is 5.56 Å². The Bertz CT molecular complexity index is 682. The quantitative estimate of drug-likeness (QED) is 0.665. The number of carbonyl (C=O) groups excluding carboxylic acids is 2. The number of fused-ring (bicyclic) bond motifs is 1. The van der Waals surface area contributed by atoms with Crippen molar-refractivity contribution < 1.29 is 14.3 Å². The molecule has 0 aromatic heterocycles. The molecule has 2 heterocycles. The molecule has 6 heteroatoms. The number of hydrogen-bond acceptors (Lipinski definition) is 5. The van der Waals surface area contributed by atoms with E-state index in [1.54, 1.807) is 18.2 Å². The molecule has 0 unspecified atom stereocenters. The highest BCUT2D eigenvalue weighted by Gasteiger charge is 2.41. The molecule has 2 aliphatic heterocycles. The Morgan fingerprint density at radius 3 is 3.00 bits per heavy atom. The first-order valence-corrected chi connectivity index (χ1v) is 6.59. The number of cyclic esters (lactones) is 1. The van der Waals surface area contributed by atoms with E-state index in [2.05, 4.69) is 21.5 Å². The predicted octanol–water partition coefficient (Wildman–Crippen LogP) is 2.26. The summed E-state index contributed by atoms with van der Waals surface area (Å²) in [5.41, 5.74) is 1.24. The fraction of sp³-hybridized carbons (Fsp3) is 0.333. The molecule has 3 rings (SSSR count). The molecule has 0 radical (unpaired) electrons. The molecule has 1 aromatic rings. The highest BCUT2D eigenvalue weighted by molar-refractivity contribution is 5.97. The molecule has 1 N–H and O–H groups in total. The van der Waals surface area contributed by atoms with Crippen molar-refractivity contribution in [3.05, 3.63) is 29.3 Å². The number of benzene rings is 1. The Kier molecular flexibility index (Phi) is 3.18. The number of hydrogen-bond donors (Lipinski definition) is 1. The maximum atomic E-state index is 12.0. The minimum atomic E-state index is -0.647. The third-order valence-corrected chi connectivity index (χ3v) is 3.47. The second-order valence-corrected chi connectivity index (χ2v) is 5.06. The van der Waals surface area contributed by atoms with Gasteiger partial charge in [0.1, 0.15) is 6.61 Å². The molecule has 106 valence electrons. The van der Waals surface area contributed by atoms with Crippen molar-refractivity contribution in [2.24, 2.45) is 10.2 Å². The van der Waals surface area contributed by atoms with E-state index in [0.29, 0.717) is 24.1 Å². The van der Waals surface area contributed by atoms with E-state index >= 15 is 0 Å². The number of amides is 1. The molecule has 2 aliphatic rings. The largest absolute Gasteiger partial charge is 0.457 e. The Hall–Kier alpha value is -2.68. The van der Waals surface area contributed by atoms with Crippen LogP contribution in [0.1, 0.15) is 35.2 Å². The van der Waals surface area contributed by atoms with E-state index in [1.807, 2.05) is 0 Å². The first-order chi connectivity index (χ1) is 10.1. The summed E-state index contributed by atoms with van der Waals surface area (Å²) in [6.07, 6.45) is 6.48. The summed E-state index contributed by atoms with van der Waals surface area (Å²) in [6.45, 7) is 0.287. The Morgan fingerprint density at radius 1 is 1.48 bits per heavy atom. The van der Waals surface area contributed by atoms with Crippen LogP contribution in [0, 0.1) is 12.3 Å². The van der Waals surface area contributed by atoms with Crippen LogP contribution >= 0.6 is 0 Å². The fourth-order valence-corrected chi connectivity index (χ4v) is 2.26. The maximum Gasteiger partial charge on any atom is 0.338 e. The number of esters is 1. The van der Waals surface area contributed by atoms with Gasteiger partial charge in [-0.2, -0.15) is 10.2 Å². The summed E-state index contributed by atoms with van der Waals surface area (Å²) in [7, 11) is 0. The Balaban J connectivity index is 1.62. The SMILES string of the molecule is C#CCCC1(CC(=O)Nc2ccc3c(c2)C(=O)OC3)N=N1. The van der Waals surface area contributed by atoms with E-state index in [9.17, 15) is 9.59 Å². The molecule has 0 fully saturated rings. The molecule has 0 spiro atoms. The van der Waals surface area contributed by atoms with Gasteiger partial charge in [-0.1, -0.05) is 6.07 Å². The zero-order valence-corrected chi connectivity index (χ0v) is 11.3. The average Bonchev–Trinajstić information content (AvgIpc) is 3.13. The van der Waals surface area contributed by atoms with Gasteiger partial charge in [0.2, 0.25) is 11.6 Å². The summed E-state index contributed by atoms with van der Waals surface area (Å²) < 4.78 is 4.92. The number of nitrogens with zero attached hydrogens (tertiary/aromatic N) is 2. The molecular weight excluding hydrogens is 270 g/mol. The molecule has 0 bridgehead atoms. The van der Waals surface area contributed by atoms with Crippen molar-refractivity contribution in [2.45, 2.75) is 31.5 Å². The molecule has 0 atom stereocenters. The molecule has 21 heavy (non-hydrogen) atoms. The van der Waals surface area contributed by atoms with Crippen LogP contribution in [0.2, 0.25) is 0 Å². The highest BCUT2D eigenvalue weighted by atomic mass is 16.5. The van der Waals surface area contributed by atoms with Crippen molar-refractivity contribution in [3.63, 3.8) is 0 Å². The zero-order chi connectivity index (χ0) is 14.9. The second kappa shape index (κ2) is 5.02. The fourth-order valence-electron chi connectivity index (χ4n) is 2.26. The smallest absolute Gasteiger partial charge is 0.338 e. The number of nitrogens with one attached hydrogen (secondary N) is 1. The van der Waals surface area contributed by atoms with Crippen molar-refractivity contribution >= 4 is 17.6 Å². The van der Waals surface area contributed by atoms with Crippen LogP contribution in [0.5, 0.6) is 0 Å². The third kappa shape index (κ3) is 2.77. The lowest BCUT2D eigenvalue weighted by Gasteiger charge is -2.10. The van der Waals surface area contributed by atoms with E-state index in [-0.39, 0.29) is 24.9 Å². The highest BCUT2D eigenvalue weighted by Crippen LogP contribution is 2.36. The predicted molar refractivity (Wildman–Crippen MR) is 74.5 cm³/mol. The number of carbonyl (C=O) groups is 2. The lowest BCUT2D eigenvalue weighted by Crippen LogP contribution is -2.22. The molecular formula is C15H13N3O3. The molecule has 1 aromatic carbocycles. The van der Waals surface area contributed by atoms with Gasteiger partial charge in [-0.15, -0.1) is 12.3 Å². The van der Waals surface area contributed by atoms with Gasteiger partial charge in [0.15, 0.2) is 0 Å². The molecule has 0 aliphatic carbocycles. The third-order valence-electron chi connectivity index (χ3n) is 3.47. The standard InChI is InChI=1S/C15H13N3O3/c1-2-3-6-15(17-18-15)8-13(19)16-11-5-4-10-9-21-14(20)12(10)7-11/h1,4-5,7H,3,6,8-9H2,(H,16,19). The zero-order valence-electron chi connectivity index (χ0n) is 11.3. The molecule has 1 amide bonds. The summed E-state index contributed by atoms with van der Waals surface area (Å²) >= 11 is 0. The normalized spacial score (nSPS) is 16.8. The minimum absolute atomic E-state index is 0.163. The van der Waals surface area contributed by atoms with E-state index in [4.69, 9.17) is 11.2 Å². The lowest BCUT2D eigenvalue weighted by atomic mass is 10.0. The van der Waals surface area contributed by atoms with Gasteiger partial charge in [0.05, 0.1) is 12.0 Å². The number of rotatable bonds is 5. The first-order valence-electron chi connectivity index (χ1n) is 6.59. The van der Waals surface area contributed by atoms with Crippen molar-refractivity contribution in [1.29, 1.82) is 0 Å². The van der Waals surface area contributed by atoms with Gasteiger partial charge in [0.25, 0.3) is 0 Å². The van der Waals surface area contributed by atoms with Crippen LogP contribution < -0.4 is 5.32 Å². The molecule has 0 saturated heterocycles. The number of ether oxygens (including phenoxy) is 1. The molecule has 0 saturated carbocycles. The van der Waals surface area contributed by atoms with Crippen molar-refractivity contribution in [1.82, 2.24) is 0 Å². The van der Waals surface area contributed by atoms with Crippen molar-refractivity contribution in [2.75, 3.05) is 5.32 Å². The second-order valence-electron chi connectivity index (χ2n) is 5.06. The first kappa shape index (κ1) is 13.3. The van der Waals surface area contributed by atoms with Crippen LogP contribution in [0.3, 0.4) is 0 Å². The summed E-state index contributed by atoms with van der Waals surface area (Å²) in [4.78, 5) is 23.5. The van der Waals surface area contributed by atoms with Gasteiger partial charge < -0.3 is 10.1 Å². The van der Waals surface area contributed by atoms with Crippen LogP contribution in [-0.4, -0.2) is 17.5 Å². The number of terminal acetylenes is 1. The maximum absolute atomic E-state index is 12.0. The lowest BCUT2D eigenvalue weighted by molar-refractivity contribution is -0.116. The molecule has 6 nitrogen and oxygen atoms in total. The minimum Gasteiger partial charge on any atom is -0.457 e. The van der Waals surface area contributed by atoms with Gasteiger partial charge in [-0.3, -0.25) is 4.79 Å². The van der Waals surface area contributed by atoms with Gasteiger partial charge in [0, 0.05) is 24.1 Å². The van der Waals surface area contributed by atoms with Gasteiger partial charge >= 0.3 is 5.97 Å². The van der Waals surface area contributed by atoms with E-state index in [1.165, 1.54) is 0 Å². The number of anilines is 1. The van der Waals surface area contributed by atoms with Crippen LogP contribution in [-0.2, 0) is 16.1 Å². The summed E-state index contributed by atoms with van der Waals surface area (Å²) in [5.74, 6) is 1.95. The van der Waals surface area contributed by atoms with Crippen LogP contribution in [0.4, 0.5) is 5.69 Å². The van der Waals surface area contributed by atoms with Crippen LogP contribution in [0.25, 0.3) is 0 Å².